The molecule has 0 radical (unpaired) electrons. The molecule has 0 bridgehead atoms. The molecular formula is C18H22N6O3. The molecule has 0 aromatic carbocycles. The van der Waals surface area contributed by atoms with Gasteiger partial charge in [0, 0.05) is 45.6 Å². The number of imidazole rings is 1. The zero-order valence-corrected chi connectivity index (χ0v) is 15.6. The molecule has 0 saturated carbocycles. The first-order valence-corrected chi connectivity index (χ1v) is 8.91. The number of hydrogen-bond acceptors (Lipinski definition) is 6. The molecule has 4 rings (SSSR count). The standard InChI is InChI=1S/C18H22N6O3/c1-11-8-15(25)22(2)10-13(11)20-17-19-9-14-16(21-17)24(18(26)23(14)3)12-4-6-27-7-5-12/h8-10,12H,4-7H2,1-3H3,(H,19,20,21). The fourth-order valence-electron chi connectivity index (χ4n) is 3.44. The number of fused-ring (bicyclic) bond motifs is 1. The molecule has 27 heavy (non-hydrogen) atoms. The van der Waals surface area contributed by atoms with Gasteiger partial charge in [0.1, 0.15) is 5.52 Å². The Morgan fingerprint density at radius 1 is 1.22 bits per heavy atom. The van der Waals surface area contributed by atoms with E-state index in [1.807, 2.05) is 6.92 Å². The molecule has 1 aliphatic heterocycles. The molecular weight excluding hydrogens is 348 g/mol. The SMILES string of the molecule is Cc1cc(=O)n(C)cc1Nc1ncc2c(n1)n(C1CCOCC1)c(=O)n2C. The second kappa shape index (κ2) is 6.66. The number of anilines is 2. The number of pyridine rings is 1. The van der Waals surface area contributed by atoms with E-state index in [4.69, 9.17) is 4.74 Å². The molecule has 1 aliphatic rings. The minimum atomic E-state index is -0.0957. The van der Waals surface area contributed by atoms with Crippen LogP contribution in [-0.2, 0) is 18.8 Å². The van der Waals surface area contributed by atoms with Gasteiger partial charge in [-0.25, -0.2) is 9.78 Å². The first kappa shape index (κ1) is 17.5. The van der Waals surface area contributed by atoms with Crippen molar-refractivity contribution in [2.75, 3.05) is 18.5 Å². The van der Waals surface area contributed by atoms with E-state index in [2.05, 4.69) is 15.3 Å². The Bertz CT molecular complexity index is 1120. The van der Waals surface area contributed by atoms with E-state index in [0.717, 1.165) is 24.1 Å². The summed E-state index contributed by atoms with van der Waals surface area (Å²) >= 11 is 0. The number of rotatable bonds is 3. The van der Waals surface area contributed by atoms with Crippen LogP contribution in [0.4, 0.5) is 11.6 Å². The van der Waals surface area contributed by atoms with E-state index in [-0.39, 0.29) is 17.3 Å². The monoisotopic (exact) mass is 370 g/mol. The van der Waals surface area contributed by atoms with Crippen molar-refractivity contribution in [2.45, 2.75) is 25.8 Å². The van der Waals surface area contributed by atoms with E-state index in [0.29, 0.717) is 30.3 Å². The van der Waals surface area contributed by atoms with E-state index in [1.54, 1.807) is 41.7 Å². The summed E-state index contributed by atoms with van der Waals surface area (Å²) in [5, 5.41) is 3.16. The average molecular weight is 370 g/mol. The second-order valence-electron chi connectivity index (χ2n) is 6.90. The molecule has 0 unspecified atom stereocenters. The summed E-state index contributed by atoms with van der Waals surface area (Å²) in [7, 11) is 3.42. The van der Waals surface area contributed by atoms with Crippen LogP contribution in [0, 0.1) is 6.92 Å². The fraction of sp³-hybridized carbons (Fsp3) is 0.444. The highest BCUT2D eigenvalue weighted by Gasteiger charge is 2.23. The van der Waals surface area contributed by atoms with Gasteiger partial charge in [-0.3, -0.25) is 13.9 Å². The topological polar surface area (TPSA) is 96.0 Å². The lowest BCUT2D eigenvalue weighted by Crippen LogP contribution is -2.30. The highest BCUT2D eigenvalue weighted by molar-refractivity contribution is 5.73. The van der Waals surface area contributed by atoms with Crippen molar-refractivity contribution in [2.24, 2.45) is 14.1 Å². The number of aryl methyl sites for hydroxylation is 3. The Labute approximate surface area is 155 Å². The quantitative estimate of drug-likeness (QED) is 0.745. The molecule has 4 heterocycles. The molecule has 9 nitrogen and oxygen atoms in total. The molecule has 1 fully saturated rings. The van der Waals surface area contributed by atoms with Gasteiger partial charge < -0.3 is 14.6 Å². The molecule has 9 heteroatoms. The van der Waals surface area contributed by atoms with E-state index < -0.39 is 0 Å². The van der Waals surface area contributed by atoms with Crippen molar-refractivity contribution in [3.05, 3.63) is 44.9 Å². The van der Waals surface area contributed by atoms with Crippen molar-refractivity contribution < 1.29 is 4.74 Å². The summed E-state index contributed by atoms with van der Waals surface area (Å²) in [5.74, 6) is 0.385. The molecule has 0 amide bonds. The predicted molar refractivity (Wildman–Crippen MR) is 102 cm³/mol. The number of aromatic nitrogens is 5. The maximum atomic E-state index is 12.8. The van der Waals surface area contributed by atoms with Crippen LogP contribution in [0.3, 0.4) is 0 Å². The van der Waals surface area contributed by atoms with Crippen molar-refractivity contribution in [3.8, 4) is 0 Å². The highest BCUT2D eigenvalue weighted by Crippen LogP contribution is 2.24. The Morgan fingerprint density at radius 3 is 2.70 bits per heavy atom. The van der Waals surface area contributed by atoms with Crippen molar-refractivity contribution in [1.82, 2.24) is 23.7 Å². The van der Waals surface area contributed by atoms with Crippen molar-refractivity contribution in [3.63, 3.8) is 0 Å². The van der Waals surface area contributed by atoms with Gasteiger partial charge in [-0.05, 0) is 25.3 Å². The lowest BCUT2D eigenvalue weighted by atomic mass is 10.1. The molecule has 0 spiro atoms. The van der Waals surface area contributed by atoms with Crippen LogP contribution in [0.1, 0.15) is 24.4 Å². The molecule has 1 N–H and O–H groups in total. The van der Waals surface area contributed by atoms with Crippen LogP contribution in [-0.4, -0.2) is 36.9 Å². The molecule has 0 atom stereocenters. The smallest absolute Gasteiger partial charge is 0.330 e. The van der Waals surface area contributed by atoms with Gasteiger partial charge >= 0.3 is 5.69 Å². The largest absolute Gasteiger partial charge is 0.381 e. The Kier molecular flexibility index (Phi) is 4.31. The summed E-state index contributed by atoms with van der Waals surface area (Å²) < 4.78 is 10.2. The van der Waals surface area contributed by atoms with Crippen LogP contribution in [0.2, 0.25) is 0 Å². The zero-order chi connectivity index (χ0) is 19.1. The lowest BCUT2D eigenvalue weighted by molar-refractivity contribution is 0.0695. The van der Waals surface area contributed by atoms with Gasteiger partial charge in [-0.1, -0.05) is 0 Å². The number of nitrogens with one attached hydrogen (secondary N) is 1. The third-order valence-corrected chi connectivity index (χ3v) is 5.07. The molecule has 142 valence electrons. The minimum absolute atomic E-state index is 0.0667. The summed E-state index contributed by atoms with van der Waals surface area (Å²) in [5.41, 5.74) is 2.67. The van der Waals surface area contributed by atoms with E-state index >= 15 is 0 Å². The zero-order valence-electron chi connectivity index (χ0n) is 15.6. The van der Waals surface area contributed by atoms with Crippen LogP contribution >= 0.6 is 0 Å². The lowest BCUT2D eigenvalue weighted by Gasteiger charge is -2.22. The molecule has 1 saturated heterocycles. The normalized spacial score (nSPS) is 15.4. The van der Waals surface area contributed by atoms with Gasteiger partial charge in [-0.2, -0.15) is 4.98 Å². The maximum absolute atomic E-state index is 12.8. The average Bonchev–Trinajstić information content (AvgIpc) is 2.91. The van der Waals surface area contributed by atoms with Gasteiger partial charge in [-0.15, -0.1) is 0 Å². The fourth-order valence-corrected chi connectivity index (χ4v) is 3.44. The van der Waals surface area contributed by atoms with E-state index in [9.17, 15) is 9.59 Å². The molecule has 3 aromatic rings. The van der Waals surface area contributed by atoms with Crippen molar-refractivity contribution in [1.29, 1.82) is 0 Å². The van der Waals surface area contributed by atoms with Crippen LogP contribution in [0.15, 0.2) is 28.0 Å². The predicted octanol–water partition coefficient (Wildman–Crippen LogP) is 1.23. The number of ether oxygens (including phenoxy) is 1. The number of nitrogens with zero attached hydrogens (tertiary/aromatic N) is 5. The third-order valence-electron chi connectivity index (χ3n) is 5.07. The Hall–Kier alpha value is -2.94. The van der Waals surface area contributed by atoms with Gasteiger partial charge in [0.2, 0.25) is 5.95 Å². The van der Waals surface area contributed by atoms with Crippen LogP contribution in [0.5, 0.6) is 0 Å². The first-order valence-electron chi connectivity index (χ1n) is 8.91. The molecule has 3 aromatic heterocycles. The summed E-state index contributed by atoms with van der Waals surface area (Å²) in [6, 6.07) is 1.62. The van der Waals surface area contributed by atoms with Gasteiger partial charge in [0.05, 0.1) is 11.9 Å². The first-order chi connectivity index (χ1) is 13.0. The van der Waals surface area contributed by atoms with E-state index in [1.165, 1.54) is 4.57 Å². The van der Waals surface area contributed by atoms with Crippen molar-refractivity contribution >= 4 is 22.8 Å². The Balaban J connectivity index is 1.79. The summed E-state index contributed by atoms with van der Waals surface area (Å²) in [6.45, 7) is 3.13. The summed E-state index contributed by atoms with van der Waals surface area (Å²) in [4.78, 5) is 33.4. The third kappa shape index (κ3) is 3.03. The van der Waals surface area contributed by atoms with Gasteiger partial charge in [0.15, 0.2) is 5.65 Å². The van der Waals surface area contributed by atoms with Crippen LogP contribution in [0.25, 0.3) is 11.2 Å². The second-order valence-corrected chi connectivity index (χ2v) is 6.90. The number of hydrogen-bond donors (Lipinski definition) is 1. The van der Waals surface area contributed by atoms with Gasteiger partial charge in [0.25, 0.3) is 5.56 Å². The van der Waals surface area contributed by atoms with Crippen LogP contribution < -0.4 is 16.6 Å². The Morgan fingerprint density at radius 2 is 1.96 bits per heavy atom. The minimum Gasteiger partial charge on any atom is -0.381 e. The highest BCUT2D eigenvalue weighted by atomic mass is 16.5. The summed E-state index contributed by atoms with van der Waals surface area (Å²) in [6.07, 6.45) is 4.93. The molecule has 0 aliphatic carbocycles. The maximum Gasteiger partial charge on any atom is 0.330 e.